The molecule has 0 radical (unpaired) electrons. The Bertz CT molecular complexity index is 542. The fourth-order valence-electron chi connectivity index (χ4n) is 1.32. The van der Waals surface area contributed by atoms with Crippen LogP contribution in [0.2, 0.25) is 5.28 Å². The van der Waals surface area contributed by atoms with Crippen molar-refractivity contribution >= 4 is 17.5 Å². The van der Waals surface area contributed by atoms with Crippen LogP contribution in [0.15, 0.2) is 18.2 Å². The minimum Gasteiger partial charge on any atom is -0.368 e. The summed E-state index contributed by atoms with van der Waals surface area (Å²) in [5, 5.41) is -0.0323. The third kappa shape index (κ3) is 2.85. The third-order valence-corrected chi connectivity index (χ3v) is 2.19. The number of nitrogens with zero attached hydrogens (tertiary/aromatic N) is 3. The topological polar surface area (TPSA) is 64.7 Å². The van der Waals surface area contributed by atoms with E-state index in [-0.39, 0.29) is 17.7 Å². The fraction of sp³-hybridized carbons (Fsp3) is 0.100. The van der Waals surface area contributed by atoms with E-state index in [4.69, 9.17) is 17.3 Å². The third-order valence-electron chi connectivity index (χ3n) is 2.02. The van der Waals surface area contributed by atoms with Crippen LogP contribution in [-0.2, 0) is 6.42 Å². The van der Waals surface area contributed by atoms with Gasteiger partial charge in [0.15, 0.2) is 11.6 Å². The lowest BCUT2D eigenvalue weighted by atomic mass is 10.1. The molecule has 0 aliphatic carbocycles. The van der Waals surface area contributed by atoms with Crippen LogP contribution >= 0.6 is 11.6 Å². The predicted octanol–water partition coefficient (Wildman–Crippen LogP) is 1.98. The van der Waals surface area contributed by atoms with Crippen LogP contribution in [0, 0.1) is 11.6 Å². The van der Waals surface area contributed by atoms with Crippen molar-refractivity contribution in [3.05, 3.63) is 46.5 Å². The highest BCUT2D eigenvalue weighted by molar-refractivity contribution is 6.28. The second-order valence-electron chi connectivity index (χ2n) is 3.30. The first kappa shape index (κ1) is 11.7. The second kappa shape index (κ2) is 4.58. The summed E-state index contributed by atoms with van der Waals surface area (Å²) >= 11 is 5.60. The van der Waals surface area contributed by atoms with E-state index in [0.717, 1.165) is 12.1 Å². The summed E-state index contributed by atoms with van der Waals surface area (Å²) in [6, 6.07) is 3.55. The number of anilines is 1. The molecule has 2 aromatic rings. The van der Waals surface area contributed by atoms with Crippen molar-refractivity contribution in [1.82, 2.24) is 15.0 Å². The summed E-state index contributed by atoms with van der Waals surface area (Å²) in [7, 11) is 0. The molecule has 0 bridgehead atoms. The van der Waals surface area contributed by atoms with Gasteiger partial charge in [0.2, 0.25) is 11.2 Å². The molecule has 0 atom stereocenters. The molecule has 0 saturated heterocycles. The Morgan fingerprint density at radius 3 is 2.53 bits per heavy atom. The zero-order valence-corrected chi connectivity index (χ0v) is 9.25. The van der Waals surface area contributed by atoms with E-state index in [0.29, 0.717) is 11.4 Å². The van der Waals surface area contributed by atoms with Crippen molar-refractivity contribution in [1.29, 1.82) is 0 Å². The molecule has 17 heavy (non-hydrogen) atoms. The van der Waals surface area contributed by atoms with E-state index in [9.17, 15) is 8.78 Å². The fourth-order valence-corrected chi connectivity index (χ4v) is 1.50. The lowest BCUT2D eigenvalue weighted by molar-refractivity contribution is 0.507. The average molecular weight is 257 g/mol. The van der Waals surface area contributed by atoms with E-state index in [1.165, 1.54) is 6.07 Å². The maximum absolute atomic E-state index is 13.0. The van der Waals surface area contributed by atoms with Crippen molar-refractivity contribution in [2.75, 3.05) is 5.73 Å². The van der Waals surface area contributed by atoms with Crippen LogP contribution in [0.5, 0.6) is 0 Å². The molecule has 1 aromatic heterocycles. The largest absolute Gasteiger partial charge is 0.368 e. The molecule has 88 valence electrons. The van der Waals surface area contributed by atoms with Crippen LogP contribution in [0.1, 0.15) is 11.4 Å². The molecule has 0 aliphatic rings. The first-order chi connectivity index (χ1) is 8.04. The summed E-state index contributed by atoms with van der Waals surface area (Å²) in [5.74, 6) is -1.53. The first-order valence-electron chi connectivity index (χ1n) is 4.64. The van der Waals surface area contributed by atoms with Gasteiger partial charge in [-0.25, -0.2) is 13.8 Å². The molecule has 1 aromatic carbocycles. The molecule has 4 nitrogen and oxygen atoms in total. The maximum Gasteiger partial charge on any atom is 0.227 e. The van der Waals surface area contributed by atoms with Crippen molar-refractivity contribution in [3.63, 3.8) is 0 Å². The summed E-state index contributed by atoms with van der Waals surface area (Å²) in [4.78, 5) is 11.3. The number of halogens is 3. The minimum atomic E-state index is -0.921. The molecule has 0 saturated carbocycles. The molecule has 2 N–H and O–H groups in total. The lowest BCUT2D eigenvalue weighted by Gasteiger charge is -2.02. The van der Waals surface area contributed by atoms with Crippen LogP contribution < -0.4 is 5.73 Å². The Morgan fingerprint density at radius 1 is 1.12 bits per heavy atom. The number of hydrogen-bond acceptors (Lipinski definition) is 4. The number of hydrogen-bond donors (Lipinski definition) is 1. The molecule has 0 unspecified atom stereocenters. The predicted molar refractivity (Wildman–Crippen MR) is 58.4 cm³/mol. The Hall–Kier alpha value is -1.82. The molecule has 7 heteroatoms. The lowest BCUT2D eigenvalue weighted by Crippen LogP contribution is -2.04. The van der Waals surface area contributed by atoms with Crippen LogP contribution in [-0.4, -0.2) is 15.0 Å². The van der Waals surface area contributed by atoms with Gasteiger partial charge in [0.25, 0.3) is 0 Å². The monoisotopic (exact) mass is 256 g/mol. The van der Waals surface area contributed by atoms with Gasteiger partial charge in [-0.2, -0.15) is 9.97 Å². The standard InChI is InChI=1S/C10H7ClF2N4/c11-9-15-8(16-10(14)17-9)4-5-1-2-6(12)7(13)3-5/h1-3H,4H2,(H2,14,15,16,17). The Labute approximate surface area is 100 Å². The highest BCUT2D eigenvalue weighted by Crippen LogP contribution is 2.12. The van der Waals surface area contributed by atoms with Gasteiger partial charge in [0.1, 0.15) is 5.82 Å². The second-order valence-corrected chi connectivity index (χ2v) is 3.64. The molecule has 0 aliphatic heterocycles. The summed E-state index contributed by atoms with van der Waals surface area (Å²) in [6.45, 7) is 0. The Kier molecular flexibility index (Phi) is 3.14. The van der Waals surface area contributed by atoms with Gasteiger partial charge >= 0.3 is 0 Å². The minimum absolute atomic E-state index is 0.0115. The van der Waals surface area contributed by atoms with Crippen LogP contribution in [0.3, 0.4) is 0 Å². The molecular formula is C10H7ClF2N4. The van der Waals surface area contributed by atoms with Gasteiger partial charge in [-0.05, 0) is 29.3 Å². The molecular weight excluding hydrogens is 250 g/mol. The highest BCUT2D eigenvalue weighted by atomic mass is 35.5. The maximum atomic E-state index is 13.0. The van der Waals surface area contributed by atoms with Crippen molar-refractivity contribution in [2.24, 2.45) is 0 Å². The normalized spacial score (nSPS) is 10.5. The molecule has 0 fully saturated rings. The van der Waals surface area contributed by atoms with E-state index in [1.54, 1.807) is 0 Å². The molecule has 1 heterocycles. The number of benzene rings is 1. The highest BCUT2D eigenvalue weighted by Gasteiger charge is 2.07. The summed E-state index contributed by atoms with van der Waals surface area (Å²) in [5.41, 5.74) is 5.91. The number of nitrogen functional groups attached to an aromatic ring is 1. The van der Waals surface area contributed by atoms with Crippen LogP contribution in [0.4, 0.5) is 14.7 Å². The van der Waals surface area contributed by atoms with Gasteiger partial charge in [-0.15, -0.1) is 0 Å². The van der Waals surface area contributed by atoms with Crippen LogP contribution in [0.25, 0.3) is 0 Å². The van der Waals surface area contributed by atoms with E-state index >= 15 is 0 Å². The summed E-state index contributed by atoms with van der Waals surface area (Å²) in [6.07, 6.45) is 0.198. The zero-order chi connectivity index (χ0) is 12.4. The van der Waals surface area contributed by atoms with E-state index in [1.807, 2.05) is 0 Å². The Balaban J connectivity index is 2.28. The molecule has 2 rings (SSSR count). The smallest absolute Gasteiger partial charge is 0.227 e. The molecule has 0 spiro atoms. The SMILES string of the molecule is Nc1nc(Cl)nc(Cc2ccc(F)c(F)c2)n1. The van der Waals surface area contributed by atoms with Gasteiger partial charge < -0.3 is 5.73 Å². The first-order valence-corrected chi connectivity index (χ1v) is 5.02. The van der Waals surface area contributed by atoms with Crippen molar-refractivity contribution < 1.29 is 8.78 Å². The quantitative estimate of drug-likeness (QED) is 0.892. The van der Waals surface area contributed by atoms with Crippen molar-refractivity contribution in [2.45, 2.75) is 6.42 Å². The number of aromatic nitrogens is 3. The average Bonchev–Trinajstić information content (AvgIpc) is 2.22. The number of nitrogens with two attached hydrogens (primary N) is 1. The zero-order valence-electron chi connectivity index (χ0n) is 8.49. The number of rotatable bonds is 2. The van der Waals surface area contributed by atoms with E-state index < -0.39 is 11.6 Å². The Morgan fingerprint density at radius 2 is 1.88 bits per heavy atom. The van der Waals surface area contributed by atoms with Gasteiger partial charge in [0.05, 0.1) is 0 Å². The van der Waals surface area contributed by atoms with E-state index in [2.05, 4.69) is 15.0 Å². The summed E-state index contributed by atoms with van der Waals surface area (Å²) < 4.78 is 25.7. The van der Waals surface area contributed by atoms with Crippen molar-refractivity contribution in [3.8, 4) is 0 Å². The molecule has 0 amide bonds. The van der Waals surface area contributed by atoms with Gasteiger partial charge in [-0.3, -0.25) is 0 Å². The van der Waals surface area contributed by atoms with Gasteiger partial charge in [0, 0.05) is 6.42 Å². The van der Waals surface area contributed by atoms with Gasteiger partial charge in [-0.1, -0.05) is 6.07 Å².